The molecule has 0 aliphatic carbocycles. The van der Waals surface area contributed by atoms with Crippen LogP contribution in [0, 0.1) is 5.92 Å². The number of methoxy groups -OCH3 is 1. The first-order valence-corrected chi connectivity index (χ1v) is 15.4. The van der Waals surface area contributed by atoms with Crippen LogP contribution in [0.3, 0.4) is 0 Å². The average molecular weight is 650 g/mol. The average Bonchev–Trinajstić information content (AvgIpc) is 3.61. The molecule has 15 nitrogen and oxygen atoms in total. The highest BCUT2D eigenvalue weighted by Gasteiger charge is 2.53. The molecule has 0 saturated carbocycles. The Bertz CT molecular complexity index is 1320. The van der Waals surface area contributed by atoms with Crippen LogP contribution in [0.2, 0.25) is 0 Å². The zero-order valence-corrected chi connectivity index (χ0v) is 25.8. The number of anilines is 2. The molecule has 0 radical (unpaired) electrons. The number of aliphatic hydroxyl groups is 6. The maximum absolute atomic E-state index is 13.9. The smallest absolute Gasteiger partial charge is 0.305 e. The molecule has 0 spiro atoms. The van der Waals surface area contributed by atoms with E-state index in [0.29, 0.717) is 25.1 Å². The van der Waals surface area contributed by atoms with E-state index in [1.165, 1.54) is 30.2 Å². The van der Waals surface area contributed by atoms with Gasteiger partial charge in [-0.05, 0) is 43.9 Å². The number of unbranched alkanes of at least 4 members (excludes halogenated alkanes) is 1. The summed E-state index contributed by atoms with van der Waals surface area (Å²) in [5.41, 5.74) is -1.49. The fourth-order valence-corrected chi connectivity index (χ4v) is 6.16. The van der Waals surface area contributed by atoms with Crippen molar-refractivity contribution in [3.8, 4) is 0 Å². The van der Waals surface area contributed by atoms with Crippen LogP contribution in [-0.4, -0.2) is 123 Å². The molecular formula is C31H43N3O12. The van der Waals surface area contributed by atoms with Gasteiger partial charge in [0.15, 0.2) is 18.0 Å². The van der Waals surface area contributed by atoms with Crippen molar-refractivity contribution in [2.75, 3.05) is 37.0 Å². The molecule has 3 heterocycles. The Labute approximate surface area is 266 Å². The number of nitrogens with one attached hydrogen (secondary N) is 1. The van der Waals surface area contributed by atoms with E-state index in [0.717, 1.165) is 12.8 Å². The van der Waals surface area contributed by atoms with Crippen LogP contribution in [0.15, 0.2) is 30.4 Å². The number of carbonyl (C=O) groups is 4. The van der Waals surface area contributed by atoms with E-state index in [1.54, 1.807) is 24.0 Å². The normalized spacial score (nSPS) is 30.0. The van der Waals surface area contributed by atoms with Crippen molar-refractivity contribution in [3.05, 3.63) is 35.9 Å². The molecule has 3 aliphatic rings. The molecule has 0 bridgehead atoms. The van der Waals surface area contributed by atoms with E-state index < -0.39 is 54.0 Å². The van der Waals surface area contributed by atoms with E-state index in [4.69, 9.17) is 4.74 Å². The molecule has 2 fully saturated rings. The molecule has 3 amide bonds. The molecule has 254 valence electrons. The minimum atomic E-state index is -2.11. The van der Waals surface area contributed by atoms with Crippen molar-refractivity contribution in [1.29, 1.82) is 0 Å². The molecule has 0 unspecified atom stereocenters. The zero-order valence-electron chi connectivity index (χ0n) is 25.8. The van der Waals surface area contributed by atoms with Crippen LogP contribution >= 0.6 is 0 Å². The summed E-state index contributed by atoms with van der Waals surface area (Å²) in [5, 5.41) is 63.8. The molecule has 15 heteroatoms. The monoisotopic (exact) mass is 649 g/mol. The van der Waals surface area contributed by atoms with E-state index >= 15 is 0 Å². The Morgan fingerprint density at radius 2 is 1.89 bits per heavy atom. The van der Waals surface area contributed by atoms with Crippen LogP contribution in [0.25, 0.3) is 0 Å². The largest absolute Gasteiger partial charge is 0.469 e. The Kier molecular flexibility index (Phi) is 11.5. The van der Waals surface area contributed by atoms with E-state index in [-0.39, 0.29) is 55.2 Å². The summed E-state index contributed by atoms with van der Waals surface area (Å²) in [7, 11) is 1.28. The lowest BCUT2D eigenvalue weighted by Gasteiger charge is -2.37. The number of aliphatic hydroxyl groups excluding tert-OH is 5. The molecule has 7 N–H and O–H groups in total. The quantitative estimate of drug-likeness (QED) is 0.0811. The molecular weight excluding hydrogens is 606 g/mol. The summed E-state index contributed by atoms with van der Waals surface area (Å²) >= 11 is 0. The van der Waals surface area contributed by atoms with Crippen molar-refractivity contribution >= 4 is 35.1 Å². The van der Waals surface area contributed by atoms with Crippen molar-refractivity contribution in [1.82, 2.24) is 4.90 Å². The van der Waals surface area contributed by atoms with E-state index in [9.17, 15) is 49.8 Å². The summed E-state index contributed by atoms with van der Waals surface area (Å²) in [5.74, 6) is -3.02. The van der Waals surface area contributed by atoms with Gasteiger partial charge in [-0.1, -0.05) is 19.1 Å². The number of rotatable bonds is 12. The van der Waals surface area contributed by atoms with Crippen molar-refractivity contribution in [2.45, 2.75) is 87.8 Å². The first kappa shape index (κ1) is 35.4. The predicted octanol–water partition coefficient (Wildman–Crippen LogP) is -1.13. The number of amides is 3. The SMILES string of the molecule is COC(=O)CCCCN1C(=O)[C@@](O)([C@@H](C)/C=C/CC(=O)N2CCC[C@H]2CO)c2cc(NC(=O)[C@H]3O[C@@H](O)[C@H](O)[C@@H](O)[C@@H]3O)ccc21. The number of ether oxygens (including phenoxy) is 2. The Hall–Kier alpha value is -3.44. The lowest BCUT2D eigenvalue weighted by atomic mass is 9.82. The second-order valence-electron chi connectivity index (χ2n) is 11.9. The van der Waals surface area contributed by atoms with Gasteiger partial charge in [0.2, 0.25) is 5.91 Å². The van der Waals surface area contributed by atoms with Gasteiger partial charge in [0, 0.05) is 43.1 Å². The zero-order chi connectivity index (χ0) is 33.8. The molecule has 2 saturated heterocycles. The summed E-state index contributed by atoms with van der Waals surface area (Å²) in [6.07, 6.45) is -3.55. The third kappa shape index (κ3) is 7.10. The van der Waals surface area contributed by atoms with Crippen LogP contribution in [-0.2, 0) is 34.3 Å². The van der Waals surface area contributed by atoms with Crippen LogP contribution in [0.5, 0.6) is 0 Å². The van der Waals surface area contributed by atoms with Gasteiger partial charge >= 0.3 is 5.97 Å². The lowest BCUT2D eigenvalue weighted by molar-refractivity contribution is -0.274. The molecule has 1 aromatic rings. The highest BCUT2D eigenvalue weighted by atomic mass is 16.6. The number of likely N-dealkylation sites (tertiary alicyclic amines) is 1. The highest BCUT2D eigenvalue weighted by Crippen LogP contribution is 2.46. The van der Waals surface area contributed by atoms with Gasteiger partial charge in [-0.25, -0.2) is 0 Å². The van der Waals surface area contributed by atoms with Gasteiger partial charge in [-0.15, -0.1) is 0 Å². The fourth-order valence-electron chi connectivity index (χ4n) is 6.16. The summed E-state index contributed by atoms with van der Waals surface area (Å²) in [6.45, 7) is 2.20. The summed E-state index contributed by atoms with van der Waals surface area (Å²) in [4.78, 5) is 54.2. The van der Waals surface area contributed by atoms with E-state index in [2.05, 4.69) is 10.1 Å². The van der Waals surface area contributed by atoms with Gasteiger partial charge < -0.3 is 55.2 Å². The first-order valence-electron chi connectivity index (χ1n) is 15.4. The van der Waals surface area contributed by atoms with Crippen molar-refractivity contribution < 1.29 is 59.3 Å². The number of esters is 1. The van der Waals surface area contributed by atoms with Crippen LogP contribution < -0.4 is 10.2 Å². The molecule has 0 aromatic heterocycles. The van der Waals surface area contributed by atoms with Gasteiger partial charge in [0.1, 0.15) is 18.3 Å². The maximum Gasteiger partial charge on any atom is 0.305 e. The Morgan fingerprint density at radius 3 is 2.59 bits per heavy atom. The molecule has 8 atom stereocenters. The van der Waals surface area contributed by atoms with Gasteiger partial charge in [0.05, 0.1) is 25.4 Å². The predicted molar refractivity (Wildman–Crippen MR) is 161 cm³/mol. The van der Waals surface area contributed by atoms with Crippen molar-refractivity contribution in [3.63, 3.8) is 0 Å². The minimum Gasteiger partial charge on any atom is -0.469 e. The third-order valence-electron chi connectivity index (χ3n) is 8.91. The van der Waals surface area contributed by atoms with Crippen molar-refractivity contribution in [2.24, 2.45) is 5.92 Å². The topological polar surface area (TPSA) is 227 Å². The number of carbonyl (C=O) groups excluding carboxylic acids is 4. The minimum absolute atomic E-state index is 0.00141. The number of nitrogens with zero attached hydrogens (tertiary/aromatic N) is 2. The fraction of sp³-hybridized carbons (Fsp3) is 0.613. The van der Waals surface area contributed by atoms with Gasteiger partial charge in [-0.3, -0.25) is 19.2 Å². The van der Waals surface area contributed by atoms with Gasteiger partial charge in [0.25, 0.3) is 11.8 Å². The number of hydrogen-bond donors (Lipinski definition) is 7. The van der Waals surface area contributed by atoms with E-state index in [1.807, 2.05) is 0 Å². The highest BCUT2D eigenvalue weighted by molar-refractivity contribution is 6.08. The maximum atomic E-state index is 13.9. The molecule has 4 rings (SSSR count). The van der Waals surface area contributed by atoms with Crippen LogP contribution in [0.4, 0.5) is 11.4 Å². The summed E-state index contributed by atoms with van der Waals surface area (Å²) in [6, 6.07) is 4.14. The molecule has 46 heavy (non-hydrogen) atoms. The lowest BCUT2D eigenvalue weighted by Crippen LogP contribution is -2.60. The second kappa shape index (κ2) is 15.0. The number of benzene rings is 1. The molecule has 3 aliphatic heterocycles. The standard InChI is InChI=1S/C31H43N3O12/c1-17(7-5-9-22(36)33-14-6-8-19(33)16-35)31(44)20-15-18(32-28(41)27-25(39)24(38)26(40)29(42)46-27)11-12-21(20)34(30(31)43)13-4-3-10-23(37)45-2/h5,7,11-12,15,17,19,24-27,29,35,38-40,42,44H,3-4,6,8-10,13-14,16H2,1-2H3,(H,32,41)/b7-5+/t17-,19-,24-,25-,26+,27-,29+,31+/m0/s1. The Balaban J connectivity index is 1.56. The van der Waals surface area contributed by atoms with Gasteiger partial charge in [-0.2, -0.15) is 0 Å². The number of fused-ring (bicyclic) bond motifs is 1. The van der Waals surface area contributed by atoms with Crippen LogP contribution in [0.1, 0.15) is 51.0 Å². The number of hydrogen-bond acceptors (Lipinski definition) is 12. The first-order chi connectivity index (χ1) is 21.8. The Morgan fingerprint density at radius 1 is 1.15 bits per heavy atom. The third-order valence-corrected chi connectivity index (χ3v) is 8.91. The summed E-state index contributed by atoms with van der Waals surface area (Å²) < 4.78 is 9.67. The second-order valence-corrected chi connectivity index (χ2v) is 11.9. The molecule has 1 aromatic carbocycles.